The lowest BCUT2D eigenvalue weighted by molar-refractivity contribution is -0.119. The first-order chi connectivity index (χ1) is 15.3. The van der Waals surface area contributed by atoms with Gasteiger partial charge < -0.3 is 9.73 Å². The van der Waals surface area contributed by atoms with Crippen molar-refractivity contribution in [3.63, 3.8) is 0 Å². The molecule has 0 bridgehead atoms. The molecule has 0 saturated heterocycles. The van der Waals surface area contributed by atoms with Gasteiger partial charge in [-0.3, -0.25) is 4.79 Å². The number of hydrogen-bond donors (Lipinski definition) is 1. The highest BCUT2D eigenvalue weighted by Crippen LogP contribution is 2.14. The van der Waals surface area contributed by atoms with E-state index < -0.39 is 11.9 Å². The molecule has 0 spiro atoms. The molecule has 1 atom stereocenters. The van der Waals surface area contributed by atoms with E-state index in [1.165, 1.54) is 16.7 Å². The van der Waals surface area contributed by atoms with Gasteiger partial charge in [0.15, 0.2) is 0 Å². The Morgan fingerprint density at radius 2 is 1.81 bits per heavy atom. The Hall–Kier alpha value is -2.34. The Morgan fingerprint density at radius 3 is 2.44 bits per heavy atom. The molecule has 1 aromatic rings. The van der Waals surface area contributed by atoms with Crippen molar-refractivity contribution in [1.29, 1.82) is 0 Å². The molecule has 176 valence electrons. The average Bonchev–Trinajstić information content (AvgIpc) is 3.27. The van der Waals surface area contributed by atoms with E-state index in [2.05, 4.69) is 63.0 Å². The van der Waals surface area contributed by atoms with E-state index in [0.717, 1.165) is 37.2 Å². The van der Waals surface area contributed by atoms with Crippen LogP contribution < -0.4 is 5.32 Å². The van der Waals surface area contributed by atoms with Gasteiger partial charge in [-0.1, -0.05) is 41.5 Å². The SMILES string of the molecule is C=C(CCc1ccco1)N[C@@H](CSC/C=C(\C)CC/C=C(\C)CCC=C(C)C)C(=O)N=O. The van der Waals surface area contributed by atoms with Gasteiger partial charge in [-0.25, -0.2) is 0 Å². The second kappa shape index (κ2) is 16.3. The van der Waals surface area contributed by atoms with Crippen LogP contribution in [0.2, 0.25) is 0 Å². The van der Waals surface area contributed by atoms with Crippen LogP contribution in [-0.4, -0.2) is 23.5 Å². The third-order valence-electron chi connectivity index (χ3n) is 4.98. The summed E-state index contributed by atoms with van der Waals surface area (Å²) in [5.74, 6) is 1.43. The minimum Gasteiger partial charge on any atom is -0.469 e. The van der Waals surface area contributed by atoms with Crippen LogP contribution >= 0.6 is 11.8 Å². The van der Waals surface area contributed by atoms with Crippen LogP contribution in [0, 0.1) is 4.91 Å². The van der Waals surface area contributed by atoms with Crippen molar-refractivity contribution in [2.24, 2.45) is 5.18 Å². The molecule has 5 nitrogen and oxygen atoms in total. The lowest BCUT2D eigenvalue weighted by Crippen LogP contribution is -2.37. The number of rotatable bonds is 16. The van der Waals surface area contributed by atoms with E-state index >= 15 is 0 Å². The summed E-state index contributed by atoms with van der Waals surface area (Å²) in [6, 6.07) is 3.08. The van der Waals surface area contributed by atoms with E-state index in [1.807, 2.05) is 12.1 Å². The smallest absolute Gasteiger partial charge is 0.309 e. The Morgan fingerprint density at radius 1 is 1.12 bits per heavy atom. The van der Waals surface area contributed by atoms with Gasteiger partial charge in [-0.15, -0.1) is 4.91 Å². The number of furan rings is 1. The molecular formula is C26H38N2O3S. The summed E-state index contributed by atoms with van der Waals surface area (Å²) in [7, 11) is 0. The Labute approximate surface area is 197 Å². The van der Waals surface area contributed by atoms with Crippen molar-refractivity contribution in [2.45, 2.75) is 72.3 Å². The number of hydrogen-bond acceptors (Lipinski definition) is 5. The fourth-order valence-electron chi connectivity index (χ4n) is 3.01. The summed E-state index contributed by atoms with van der Waals surface area (Å²) in [6.45, 7) is 12.6. The second-order valence-corrected chi connectivity index (χ2v) is 9.38. The van der Waals surface area contributed by atoms with Crippen LogP contribution in [0.5, 0.6) is 0 Å². The number of nitrogens with one attached hydrogen (secondary N) is 1. The van der Waals surface area contributed by atoms with Crippen LogP contribution in [0.3, 0.4) is 0 Å². The molecule has 0 aromatic carbocycles. The molecule has 1 amide bonds. The van der Waals surface area contributed by atoms with Crippen molar-refractivity contribution < 1.29 is 9.21 Å². The van der Waals surface area contributed by atoms with Crippen molar-refractivity contribution in [3.8, 4) is 0 Å². The molecule has 32 heavy (non-hydrogen) atoms. The van der Waals surface area contributed by atoms with Gasteiger partial charge in [0.1, 0.15) is 11.8 Å². The third-order valence-corrected chi connectivity index (χ3v) is 5.95. The van der Waals surface area contributed by atoms with Crippen molar-refractivity contribution in [2.75, 3.05) is 11.5 Å². The van der Waals surface area contributed by atoms with Crippen molar-refractivity contribution in [1.82, 2.24) is 5.32 Å². The first kappa shape index (κ1) is 27.7. The van der Waals surface area contributed by atoms with Gasteiger partial charge in [0.25, 0.3) is 0 Å². The zero-order valence-corrected chi connectivity index (χ0v) is 20.8. The number of carbonyl (C=O) groups is 1. The van der Waals surface area contributed by atoms with E-state index in [9.17, 15) is 9.70 Å². The van der Waals surface area contributed by atoms with Gasteiger partial charge >= 0.3 is 5.91 Å². The monoisotopic (exact) mass is 458 g/mol. The molecule has 6 heteroatoms. The van der Waals surface area contributed by atoms with Gasteiger partial charge in [0.05, 0.1) is 6.26 Å². The maximum absolute atomic E-state index is 11.9. The van der Waals surface area contributed by atoms with Crippen LogP contribution in [0.25, 0.3) is 0 Å². The van der Waals surface area contributed by atoms with Crippen molar-refractivity contribution in [3.05, 3.63) is 76.3 Å². The molecule has 1 aromatic heterocycles. The second-order valence-electron chi connectivity index (χ2n) is 8.31. The highest BCUT2D eigenvalue weighted by Gasteiger charge is 2.19. The normalized spacial score (nSPS) is 12.9. The zero-order valence-electron chi connectivity index (χ0n) is 20.0. The Balaban J connectivity index is 2.35. The maximum Gasteiger partial charge on any atom is 0.309 e. The molecule has 1 heterocycles. The fraction of sp³-hybridized carbons (Fsp3) is 0.500. The highest BCUT2D eigenvalue weighted by atomic mass is 32.2. The molecule has 0 aliphatic carbocycles. The Kier molecular flexibility index (Phi) is 14.1. The largest absolute Gasteiger partial charge is 0.469 e. The van der Waals surface area contributed by atoms with Crippen LogP contribution in [0.15, 0.2) is 75.2 Å². The molecule has 1 N–H and O–H groups in total. The number of nitroso groups, excluding NO2 is 1. The fourth-order valence-corrected chi connectivity index (χ4v) is 4.01. The topological polar surface area (TPSA) is 71.7 Å². The first-order valence-corrected chi connectivity index (χ1v) is 12.3. The summed E-state index contributed by atoms with van der Waals surface area (Å²) in [6.07, 6.45) is 14.0. The zero-order chi connectivity index (χ0) is 23.8. The number of aryl methyl sites for hydroxylation is 1. The molecular weight excluding hydrogens is 420 g/mol. The van der Waals surface area contributed by atoms with Crippen LogP contribution in [0.1, 0.15) is 65.6 Å². The van der Waals surface area contributed by atoms with Gasteiger partial charge in [0.2, 0.25) is 0 Å². The third kappa shape index (κ3) is 13.2. The average molecular weight is 459 g/mol. The minimum absolute atomic E-state index is 0.470. The number of amides is 1. The molecule has 0 aliphatic rings. The van der Waals surface area contributed by atoms with E-state index in [0.29, 0.717) is 24.3 Å². The lowest BCUT2D eigenvalue weighted by atomic mass is 10.1. The number of allylic oxidation sites excluding steroid dienone is 6. The first-order valence-electron chi connectivity index (χ1n) is 11.2. The standard InChI is InChI=1S/C26H38N2O3S/c1-20(2)9-6-10-21(3)11-7-12-22(4)16-18-32-19-25(26(29)28-30)27-23(5)14-15-24-13-8-17-31-24/h8-9,11,13,16-17,25,27H,5-7,10,12,14-15,18-19H2,1-4H3/b21-11+,22-16+/t25-/m0/s1. The van der Waals surface area contributed by atoms with Gasteiger partial charge in [-0.05, 0) is 71.9 Å². The van der Waals surface area contributed by atoms with E-state index in [1.54, 1.807) is 18.0 Å². The summed E-state index contributed by atoms with van der Waals surface area (Å²) >= 11 is 1.60. The number of thioether (sulfide) groups is 1. The number of carbonyl (C=O) groups excluding carboxylic acids is 1. The molecule has 0 unspecified atom stereocenters. The molecule has 0 radical (unpaired) electrons. The molecule has 0 fully saturated rings. The van der Waals surface area contributed by atoms with E-state index in [4.69, 9.17) is 4.42 Å². The summed E-state index contributed by atoms with van der Waals surface area (Å²) in [5, 5.41) is 5.66. The predicted molar refractivity (Wildman–Crippen MR) is 137 cm³/mol. The Bertz CT molecular complexity index is 803. The maximum atomic E-state index is 11.9. The quantitative estimate of drug-likeness (QED) is 0.162. The minimum atomic E-state index is -0.689. The molecule has 0 aliphatic heterocycles. The summed E-state index contributed by atoms with van der Waals surface area (Å²) in [5.41, 5.74) is 4.83. The number of nitrogens with zero attached hydrogens (tertiary/aromatic N) is 1. The highest BCUT2D eigenvalue weighted by molar-refractivity contribution is 7.99. The predicted octanol–water partition coefficient (Wildman–Crippen LogP) is 7.13. The summed E-state index contributed by atoms with van der Waals surface area (Å²) < 4.78 is 5.31. The summed E-state index contributed by atoms with van der Waals surface area (Å²) in [4.78, 5) is 22.7. The van der Waals surface area contributed by atoms with Gasteiger partial charge in [-0.2, -0.15) is 11.8 Å². The molecule has 0 saturated carbocycles. The van der Waals surface area contributed by atoms with Crippen LogP contribution in [-0.2, 0) is 11.2 Å². The molecule has 1 rings (SSSR count). The van der Waals surface area contributed by atoms with Gasteiger partial charge in [0, 0.05) is 28.8 Å². The van der Waals surface area contributed by atoms with E-state index in [-0.39, 0.29) is 0 Å². The lowest BCUT2D eigenvalue weighted by Gasteiger charge is -2.16. The van der Waals surface area contributed by atoms with Crippen molar-refractivity contribution >= 4 is 17.7 Å². The van der Waals surface area contributed by atoms with Crippen LogP contribution in [0.4, 0.5) is 0 Å².